The van der Waals surface area contributed by atoms with Crippen LogP contribution < -0.4 is 0 Å². The van der Waals surface area contributed by atoms with E-state index in [1.807, 2.05) is 54.6 Å². The second-order valence-corrected chi connectivity index (χ2v) is 3.65. The number of nitriles is 1. The van der Waals surface area contributed by atoms with Gasteiger partial charge in [-0.2, -0.15) is 5.26 Å². The molecule has 0 heterocycles. The SMILES string of the molecule is C.C.N#CCc1ccc(C#Cc2ccccc2)cc1. The van der Waals surface area contributed by atoms with Gasteiger partial charge in [-0.05, 0) is 29.8 Å². The van der Waals surface area contributed by atoms with Crippen LogP contribution in [0.4, 0.5) is 0 Å². The van der Waals surface area contributed by atoms with E-state index in [1.165, 1.54) is 0 Å². The zero-order chi connectivity index (χ0) is 11.9. The van der Waals surface area contributed by atoms with E-state index in [0.717, 1.165) is 16.7 Å². The van der Waals surface area contributed by atoms with Crippen LogP contribution in [0.5, 0.6) is 0 Å². The normalized spacial score (nSPS) is 7.95. The standard InChI is InChI=1S/C16H11N.2CH4/c17-13-12-16-10-8-15(9-11-16)7-6-14-4-2-1-3-5-14;;/h1-5,8-11H,12H2;2*1H4. The fourth-order valence-corrected chi connectivity index (χ4v) is 1.46. The number of hydrogen-bond acceptors (Lipinski definition) is 1. The second kappa shape index (κ2) is 8.56. The largest absolute Gasteiger partial charge is 0.198 e. The van der Waals surface area contributed by atoms with Crippen LogP contribution >= 0.6 is 0 Å². The third kappa shape index (κ3) is 5.11. The topological polar surface area (TPSA) is 23.8 Å². The summed E-state index contributed by atoms with van der Waals surface area (Å²) in [6, 6.07) is 19.8. The van der Waals surface area contributed by atoms with Crippen LogP contribution in [-0.4, -0.2) is 0 Å². The van der Waals surface area contributed by atoms with Crippen LogP contribution in [0.2, 0.25) is 0 Å². The predicted molar refractivity (Wildman–Crippen MR) is 81.6 cm³/mol. The van der Waals surface area contributed by atoms with Crippen molar-refractivity contribution in [1.29, 1.82) is 5.26 Å². The molecule has 0 saturated carbocycles. The molecule has 1 nitrogen and oxygen atoms in total. The van der Waals surface area contributed by atoms with Crippen LogP contribution in [0.25, 0.3) is 0 Å². The molecule has 2 aromatic carbocycles. The molecule has 0 radical (unpaired) electrons. The van der Waals surface area contributed by atoms with Crippen LogP contribution in [0.1, 0.15) is 31.5 Å². The fraction of sp³-hybridized carbons (Fsp3) is 0.167. The molecule has 0 atom stereocenters. The monoisotopic (exact) mass is 249 g/mol. The summed E-state index contributed by atoms with van der Waals surface area (Å²) in [6.07, 6.45) is 0.451. The fourth-order valence-electron chi connectivity index (χ4n) is 1.46. The molecule has 0 saturated heterocycles. The molecule has 19 heavy (non-hydrogen) atoms. The van der Waals surface area contributed by atoms with Gasteiger partial charge in [0.25, 0.3) is 0 Å². The minimum Gasteiger partial charge on any atom is -0.198 e. The van der Waals surface area contributed by atoms with Gasteiger partial charge >= 0.3 is 0 Å². The molecule has 0 aliphatic rings. The average molecular weight is 249 g/mol. The van der Waals surface area contributed by atoms with Gasteiger partial charge in [-0.1, -0.05) is 57.0 Å². The summed E-state index contributed by atoms with van der Waals surface area (Å²) < 4.78 is 0. The van der Waals surface area contributed by atoms with E-state index in [2.05, 4.69) is 17.9 Å². The first-order valence-corrected chi connectivity index (χ1v) is 5.41. The molecule has 0 aliphatic heterocycles. The van der Waals surface area contributed by atoms with Crippen LogP contribution in [0.15, 0.2) is 54.6 Å². The molecule has 2 aromatic rings. The van der Waals surface area contributed by atoms with Crippen molar-refractivity contribution in [2.24, 2.45) is 0 Å². The maximum atomic E-state index is 8.56. The van der Waals surface area contributed by atoms with Gasteiger partial charge in [0.15, 0.2) is 0 Å². The van der Waals surface area contributed by atoms with E-state index in [1.54, 1.807) is 0 Å². The van der Waals surface area contributed by atoms with E-state index in [9.17, 15) is 0 Å². The number of hydrogen-bond donors (Lipinski definition) is 0. The lowest BCUT2D eigenvalue weighted by molar-refractivity contribution is 1.26. The smallest absolute Gasteiger partial charge is 0.0669 e. The molecular weight excluding hydrogens is 230 g/mol. The second-order valence-electron chi connectivity index (χ2n) is 3.65. The predicted octanol–water partition coefficient (Wildman–Crippen LogP) is 4.42. The van der Waals surface area contributed by atoms with Crippen molar-refractivity contribution >= 4 is 0 Å². The van der Waals surface area contributed by atoms with Crippen molar-refractivity contribution in [2.75, 3.05) is 0 Å². The maximum Gasteiger partial charge on any atom is 0.0669 e. The Morgan fingerprint density at radius 1 is 0.737 bits per heavy atom. The maximum absolute atomic E-state index is 8.56. The van der Waals surface area contributed by atoms with Crippen molar-refractivity contribution in [3.05, 3.63) is 71.3 Å². The molecule has 1 heteroatoms. The van der Waals surface area contributed by atoms with Crippen molar-refractivity contribution in [2.45, 2.75) is 21.3 Å². The number of benzene rings is 2. The van der Waals surface area contributed by atoms with Gasteiger partial charge in [0, 0.05) is 11.1 Å². The Labute approximate surface area is 116 Å². The Kier molecular flexibility index (Phi) is 7.43. The Morgan fingerprint density at radius 2 is 1.26 bits per heavy atom. The Morgan fingerprint density at radius 3 is 1.79 bits per heavy atom. The van der Waals surface area contributed by atoms with Crippen LogP contribution in [-0.2, 0) is 6.42 Å². The Bertz CT molecular complexity index is 578. The molecule has 0 amide bonds. The number of rotatable bonds is 1. The molecule has 0 unspecified atom stereocenters. The van der Waals surface area contributed by atoms with Crippen molar-refractivity contribution in [3.63, 3.8) is 0 Å². The summed E-state index contributed by atoms with van der Waals surface area (Å²) in [5, 5.41) is 8.56. The Balaban J connectivity index is 0.00000162. The van der Waals surface area contributed by atoms with Gasteiger partial charge in [0.1, 0.15) is 0 Å². The van der Waals surface area contributed by atoms with Crippen molar-refractivity contribution in [3.8, 4) is 17.9 Å². The van der Waals surface area contributed by atoms with Crippen LogP contribution in [0, 0.1) is 23.2 Å². The first-order valence-electron chi connectivity index (χ1n) is 5.41. The van der Waals surface area contributed by atoms with Gasteiger partial charge < -0.3 is 0 Å². The number of nitrogens with zero attached hydrogens (tertiary/aromatic N) is 1. The first-order chi connectivity index (χ1) is 8.38. The highest BCUT2D eigenvalue weighted by atomic mass is 14.2. The molecule has 0 fully saturated rings. The highest BCUT2D eigenvalue weighted by Crippen LogP contribution is 2.04. The highest BCUT2D eigenvalue weighted by Gasteiger charge is 1.91. The van der Waals surface area contributed by atoms with E-state index in [0.29, 0.717) is 6.42 Å². The minimum absolute atomic E-state index is 0. The molecule has 2 rings (SSSR count). The van der Waals surface area contributed by atoms with Crippen molar-refractivity contribution in [1.82, 2.24) is 0 Å². The molecular formula is C18H19N. The average Bonchev–Trinajstić information content (AvgIpc) is 2.40. The zero-order valence-electron chi connectivity index (χ0n) is 9.35. The highest BCUT2D eigenvalue weighted by molar-refractivity contribution is 5.43. The summed E-state index contributed by atoms with van der Waals surface area (Å²) in [4.78, 5) is 0. The third-order valence-electron chi connectivity index (χ3n) is 2.36. The molecule has 0 N–H and O–H groups in total. The van der Waals surface area contributed by atoms with Crippen molar-refractivity contribution < 1.29 is 0 Å². The molecule has 96 valence electrons. The molecule has 0 aliphatic carbocycles. The van der Waals surface area contributed by atoms with E-state index < -0.39 is 0 Å². The third-order valence-corrected chi connectivity index (χ3v) is 2.36. The zero-order valence-corrected chi connectivity index (χ0v) is 9.35. The lowest BCUT2D eigenvalue weighted by Gasteiger charge is -1.94. The molecule has 0 spiro atoms. The van der Waals surface area contributed by atoms with Gasteiger partial charge in [0.2, 0.25) is 0 Å². The van der Waals surface area contributed by atoms with E-state index in [4.69, 9.17) is 5.26 Å². The summed E-state index contributed by atoms with van der Waals surface area (Å²) in [5.74, 6) is 6.19. The summed E-state index contributed by atoms with van der Waals surface area (Å²) in [5.41, 5.74) is 3.00. The first kappa shape index (κ1) is 16.5. The van der Waals surface area contributed by atoms with Crippen LogP contribution in [0.3, 0.4) is 0 Å². The van der Waals surface area contributed by atoms with E-state index in [-0.39, 0.29) is 14.9 Å². The van der Waals surface area contributed by atoms with Gasteiger partial charge in [-0.25, -0.2) is 0 Å². The lowest BCUT2D eigenvalue weighted by atomic mass is 10.1. The molecule has 0 aromatic heterocycles. The summed E-state index contributed by atoms with van der Waals surface area (Å²) in [6.45, 7) is 0. The van der Waals surface area contributed by atoms with Gasteiger partial charge in [-0.3, -0.25) is 0 Å². The summed E-state index contributed by atoms with van der Waals surface area (Å²) in [7, 11) is 0. The minimum atomic E-state index is 0. The lowest BCUT2D eigenvalue weighted by Crippen LogP contribution is -1.81. The molecule has 0 bridgehead atoms. The quantitative estimate of drug-likeness (QED) is 0.686. The Hall–Kier alpha value is -2.51. The van der Waals surface area contributed by atoms with E-state index >= 15 is 0 Å². The van der Waals surface area contributed by atoms with Gasteiger partial charge in [-0.15, -0.1) is 0 Å². The van der Waals surface area contributed by atoms with Gasteiger partial charge in [0.05, 0.1) is 12.5 Å². The summed E-state index contributed by atoms with van der Waals surface area (Å²) >= 11 is 0.